The molecule has 150 valence electrons. The van der Waals surface area contributed by atoms with Crippen LogP contribution in [0.1, 0.15) is 44.2 Å². The predicted molar refractivity (Wildman–Crippen MR) is 122 cm³/mol. The maximum Gasteiger partial charge on any atom is 0.191 e. The van der Waals surface area contributed by atoms with Crippen LogP contribution in [0.4, 0.5) is 0 Å². The number of hydrogen-bond donors (Lipinski definition) is 2. The van der Waals surface area contributed by atoms with Gasteiger partial charge in [-0.3, -0.25) is 0 Å². The lowest BCUT2D eigenvalue weighted by Crippen LogP contribution is -2.38. The van der Waals surface area contributed by atoms with Crippen LogP contribution >= 0.6 is 24.0 Å². The fourth-order valence-electron chi connectivity index (χ4n) is 2.43. The minimum Gasteiger partial charge on any atom is -0.381 e. The molecule has 0 aliphatic rings. The van der Waals surface area contributed by atoms with Crippen LogP contribution < -0.4 is 10.6 Å². The molecule has 0 heterocycles. The van der Waals surface area contributed by atoms with Crippen molar-refractivity contribution in [2.75, 3.05) is 40.4 Å². The Kier molecular flexibility index (Phi) is 15.8. The van der Waals surface area contributed by atoms with Gasteiger partial charge in [-0.15, -0.1) is 24.0 Å². The van der Waals surface area contributed by atoms with E-state index in [1.54, 1.807) is 0 Å². The second-order valence-corrected chi connectivity index (χ2v) is 6.50. The first kappa shape index (κ1) is 25.1. The van der Waals surface area contributed by atoms with Crippen molar-refractivity contribution in [1.82, 2.24) is 15.5 Å². The Labute approximate surface area is 177 Å². The summed E-state index contributed by atoms with van der Waals surface area (Å²) < 4.78 is 5.59. The van der Waals surface area contributed by atoms with Crippen LogP contribution in [0.15, 0.2) is 29.3 Å². The van der Waals surface area contributed by atoms with Gasteiger partial charge < -0.3 is 20.3 Å². The molecule has 0 unspecified atom stereocenters. The number of nitrogens with one attached hydrogen (secondary N) is 2. The molecule has 0 bridgehead atoms. The van der Waals surface area contributed by atoms with Crippen molar-refractivity contribution in [2.45, 2.75) is 46.2 Å². The summed E-state index contributed by atoms with van der Waals surface area (Å²) in [7, 11) is 4.17. The highest BCUT2D eigenvalue weighted by Gasteiger charge is 2.00. The quantitative estimate of drug-likeness (QED) is 0.209. The Morgan fingerprint density at radius 2 is 1.81 bits per heavy atom. The molecule has 0 radical (unpaired) electrons. The van der Waals surface area contributed by atoms with Crippen LogP contribution in [0.2, 0.25) is 0 Å². The Bertz CT molecular complexity index is 494. The molecule has 1 rings (SSSR count). The Hall–Kier alpha value is -0.860. The number of unbranched alkanes of at least 4 members (excludes halogenated alkanes) is 1. The molecule has 2 N–H and O–H groups in total. The lowest BCUT2D eigenvalue weighted by atomic mass is 10.1. The zero-order valence-corrected chi connectivity index (χ0v) is 19.2. The van der Waals surface area contributed by atoms with E-state index in [1.165, 1.54) is 17.5 Å². The van der Waals surface area contributed by atoms with Gasteiger partial charge in [0, 0.05) is 32.8 Å². The van der Waals surface area contributed by atoms with Crippen LogP contribution in [0.25, 0.3) is 0 Å². The van der Waals surface area contributed by atoms with Crippen molar-refractivity contribution in [3.63, 3.8) is 0 Å². The SMILES string of the molecule is CCCCOCCCNC(=NCc1cccc(CN(C)C)c1)NCC.I. The maximum atomic E-state index is 5.59. The minimum atomic E-state index is 0. The van der Waals surface area contributed by atoms with Gasteiger partial charge >= 0.3 is 0 Å². The molecule has 0 saturated carbocycles. The third-order valence-corrected chi connectivity index (χ3v) is 3.65. The van der Waals surface area contributed by atoms with E-state index in [4.69, 9.17) is 9.73 Å². The molecule has 0 spiro atoms. The number of rotatable bonds is 12. The van der Waals surface area contributed by atoms with E-state index in [0.29, 0.717) is 6.54 Å². The number of halogens is 1. The first-order valence-corrected chi connectivity index (χ1v) is 9.48. The predicted octanol–water partition coefficient (Wildman–Crippen LogP) is 3.63. The molecule has 0 aliphatic heterocycles. The molecule has 6 heteroatoms. The van der Waals surface area contributed by atoms with Gasteiger partial charge in [-0.25, -0.2) is 4.99 Å². The second kappa shape index (κ2) is 16.3. The van der Waals surface area contributed by atoms with Crippen LogP contribution in [0, 0.1) is 0 Å². The van der Waals surface area contributed by atoms with Gasteiger partial charge in [0.25, 0.3) is 0 Å². The summed E-state index contributed by atoms with van der Waals surface area (Å²) in [6.07, 6.45) is 3.32. The molecular weight excluding hydrogens is 439 g/mol. The molecular formula is C20H37IN4O. The summed E-state index contributed by atoms with van der Waals surface area (Å²) >= 11 is 0. The van der Waals surface area contributed by atoms with Gasteiger partial charge in [0.2, 0.25) is 0 Å². The number of aliphatic imine (C=N–C) groups is 1. The van der Waals surface area contributed by atoms with Crippen molar-refractivity contribution in [2.24, 2.45) is 4.99 Å². The Morgan fingerprint density at radius 1 is 1.08 bits per heavy atom. The molecule has 0 saturated heterocycles. The number of ether oxygens (including phenoxy) is 1. The summed E-state index contributed by atoms with van der Waals surface area (Å²) in [5.74, 6) is 0.870. The van der Waals surface area contributed by atoms with E-state index in [2.05, 4.69) is 67.7 Å². The van der Waals surface area contributed by atoms with Crippen LogP contribution in [0.5, 0.6) is 0 Å². The first-order chi connectivity index (χ1) is 12.2. The van der Waals surface area contributed by atoms with Crippen molar-refractivity contribution in [3.8, 4) is 0 Å². The average molecular weight is 476 g/mol. The highest BCUT2D eigenvalue weighted by atomic mass is 127. The molecule has 1 aromatic rings. The molecule has 0 aliphatic carbocycles. The minimum absolute atomic E-state index is 0. The topological polar surface area (TPSA) is 48.9 Å². The van der Waals surface area contributed by atoms with E-state index in [9.17, 15) is 0 Å². The molecule has 0 fully saturated rings. The summed E-state index contributed by atoms with van der Waals surface area (Å²) in [5, 5.41) is 6.68. The van der Waals surface area contributed by atoms with Gasteiger partial charge in [0.1, 0.15) is 0 Å². The molecule has 26 heavy (non-hydrogen) atoms. The average Bonchev–Trinajstić information content (AvgIpc) is 2.58. The van der Waals surface area contributed by atoms with Gasteiger partial charge in [-0.1, -0.05) is 37.6 Å². The molecule has 5 nitrogen and oxygen atoms in total. The first-order valence-electron chi connectivity index (χ1n) is 9.48. The van der Waals surface area contributed by atoms with Crippen molar-refractivity contribution >= 4 is 29.9 Å². The normalized spacial score (nSPS) is 11.3. The molecule has 0 aromatic heterocycles. The highest BCUT2D eigenvalue weighted by molar-refractivity contribution is 14.0. The van der Waals surface area contributed by atoms with E-state index in [0.717, 1.165) is 51.6 Å². The monoisotopic (exact) mass is 476 g/mol. The Balaban J connectivity index is 0.00000625. The highest BCUT2D eigenvalue weighted by Crippen LogP contribution is 2.08. The third kappa shape index (κ3) is 12.5. The smallest absolute Gasteiger partial charge is 0.191 e. The summed E-state index contributed by atoms with van der Waals surface area (Å²) in [5.41, 5.74) is 2.55. The Morgan fingerprint density at radius 3 is 2.50 bits per heavy atom. The van der Waals surface area contributed by atoms with Gasteiger partial charge in [0.05, 0.1) is 6.54 Å². The summed E-state index contributed by atoms with van der Waals surface area (Å²) in [4.78, 5) is 6.87. The van der Waals surface area contributed by atoms with Crippen LogP contribution in [-0.4, -0.2) is 51.3 Å². The van der Waals surface area contributed by atoms with E-state index in [1.807, 2.05) is 0 Å². The molecule has 1 aromatic carbocycles. The largest absolute Gasteiger partial charge is 0.381 e. The second-order valence-electron chi connectivity index (χ2n) is 6.50. The fourth-order valence-corrected chi connectivity index (χ4v) is 2.43. The van der Waals surface area contributed by atoms with Crippen LogP contribution in [0.3, 0.4) is 0 Å². The number of benzene rings is 1. The lowest BCUT2D eigenvalue weighted by molar-refractivity contribution is 0.129. The van der Waals surface area contributed by atoms with Crippen molar-refractivity contribution in [1.29, 1.82) is 0 Å². The zero-order chi connectivity index (χ0) is 18.3. The van der Waals surface area contributed by atoms with Gasteiger partial charge in [0.15, 0.2) is 5.96 Å². The van der Waals surface area contributed by atoms with Crippen LogP contribution in [-0.2, 0) is 17.8 Å². The summed E-state index contributed by atoms with van der Waals surface area (Å²) in [6, 6.07) is 8.63. The fraction of sp³-hybridized carbons (Fsp3) is 0.650. The van der Waals surface area contributed by atoms with E-state index < -0.39 is 0 Å². The number of guanidine groups is 1. The van der Waals surface area contributed by atoms with Crippen molar-refractivity contribution < 1.29 is 4.74 Å². The summed E-state index contributed by atoms with van der Waals surface area (Å²) in [6.45, 7) is 9.31. The maximum absolute atomic E-state index is 5.59. The molecule has 0 atom stereocenters. The van der Waals surface area contributed by atoms with Crippen molar-refractivity contribution in [3.05, 3.63) is 35.4 Å². The number of hydrogen-bond acceptors (Lipinski definition) is 3. The number of nitrogens with zero attached hydrogens (tertiary/aromatic N) is 2. The van der Waals surface area contributed by atoms with E-state index >= 15 is 0 Å². The van der Waals surface area contributed by atoms with E-state index in [-0.39, 0.29) is 24.0 Å². The van der Waals surface area contributed by atoms with Gasteiger partial charge in [-0.05, 0) is 45.0 Å². The van der Waals surface area contributed by atoms with Gasteiger partial charge in [-0.2, -0.15) is 0 Å². The third-order valence-electron chi connectivity index (χ3n) is 3.65. The standard InChI is InChI=1S/C20H36N4O.HI/c1-5-7-13-25-14-9-12-22-20(21-6-2)23-16-18-10-8-11-19(15-18)17-24(3)4;/h8,10-11,15H,5-7,9,12-14,16-17H2,1-4H3,(H2,21,22,23);1H. The zero-order valence-electron chi connectivity index (χ0n) is 16.9. The molecule has 0 amide bonds. The lowest BCUT2D eigenvalue weighted by Gasteiger charge is -2.12.